The van der Waals surface area contributed by atoms with Crippen LogP contribution in [0, 0.1) is 5.92 Å². The van der Waals surface area contributed by atoms with Gasteiger partial charge in [-0.05, 0) is 22.5 Å². The van der Waals surface area contributed by atoms with Crippen LogP contribution in [0.25, 0.3) is 6.08 Å². The Morgan fingerprint density at radius 2 is 1.71 bits per heavy atom. The highest BCUT2D eigenvalue weighted by atomic mass is 79.9. The third kappa shape index (κ3) is 4.31. The zero-order valence-corrected chi connectivity index (χ0v) is 13.1. The van der Waals surface area contributed by atoms with Gasteiger partial charge in [-0.25, -0.2) is 0 Å². The van der Waals surface area contributed by atoms with Crippen molar-refractivity contribution in [1.82, 2.24) is 0 Å². The summed E-state index contributed by atoms with van der Waals surface area (Å²) in [7, 11) is 0. The highest BCUT2D eigenvalue weighted by molar-refractivity contribution is 9.09. The van der Waals surface area contributed by atoms with E-state index in [4.69, 9.17) is 0 Å². The largest absolute Gasteiger partial charge is 0.0880 e. The molecule has 0 aromatic heterocycles. The molecular formula is C16H23Br. The Kier molecular flexibility index (Phi) is 5.00. The van der Waals surface area contributed by atoms with E-state index in [0.29, 0.717) is 5.92 Å². The fourth-order valence-corrected chi connectivity index (χ4v) is 2.46. The lowest BCUT2D eigenvalue weighted by molar-refractivity contribution is 0.590. The van der Waals surface area contributed by atoms with E-state index in [0.717, 1.165) is 5.33 Å². The van der Waals surface area contributed by atoms with Crippen LogP contribution in [0.2, 0.25) is 0 Å². The molecule has 0 spiro atoms. The maximum absolute atomic E-state index is 3.55. The molecule has 0 N–H and O–H groups in total. The molecule has 0 unspecified atom stereocenters. The first-order valence-corrected chi connectivity index (χ1v) is 7.33. The molecule has 0 atom stereocenters. The van der Waals surface area contributed by atoms with E-state index >= 15 is 0 Å². The maximum atomic E-state index is 3.55. The highest BCUT2D eigenvalue weighted by Gasteiger charge is 2.12. The lowest BCUT2D eigenvalue weighted by Crippen LogP contribution is -2.10. The summed E-state index contributed by atoms with van der Waals surface area (Å²) in [6.07, 6.45) is 2.28. The van der Waals surface area contributed by atoms with E-state index in [1.54, 1.807) is 0 Å². The number of hydrogen-bond donors (Lipinski definition) is 0. The number of allylic oxidation sites excluding steroid dienone is 1. The van der Waals surface area contributed by atoms with Gasteiger partial charge in [0.15, 0.2) is 0 Å². The fourth-order valence-electron chi connectivity index (χ4n) is 1.65. The highest BCUT2D eigenvalue weighted by Crippen LogP contribution is 2.23. The van der Waals surface area contributed by atoms with Crippen molar-refractivity contribution in [3.05, 3.63) is 41.0 Å². The van der Waals surface area contributed by atoms with Crippen LogP contribution in [-0.4, -0.2) is 5.33 Å². The Balaban J connectivity index is 2.96. The first-order chi connectivity index (χ1) is 7.84. The summed E-state index contributed by atoms with van der Waals surface area (Å²) in [6, 6.07) is 8.90. The SMILES string of the molecule is CC(C)C(=Cc1ccc(C(C)(C)C)cc1)CBr. The van der Waals surface area contributed by atoms with Crippen molar-refractivity contribution in [2.24, 2.45) is 5.92 Å². The van der Waals surface area contributed by atoms with Crippen molar-refractivity contribution in [1.29, 1.82) is 0 Å². The van der Waals surface area contributed by atoms with E-state index < -0.39 is 0 Å². The molecule has 0 amide bonds. The Morgan fingerprint density at radius 1 is 1.18 bits per heavy atom. The summed E-state index contributed by atoms with van der Waals surface area (Å²) in [4.78, 5) is 0. The molecule has 1 rings (SSSR count). The second kappa shape index (κ2) is 5.86. The number of hydrogen-bond acceptors (Lipinski definition) is 0. The molecule has 0 saturated heterocycles. The smallest absolute Gasteiger partial charge is 0.0247 e. The second-order valence-corrected chi connectivity index (χ2v) is 6.44. The van der Waals surface area contributed by atoms with Gasteiger partial charge in [-0.2, -0.15) is 0 Å². The minimum Gasteiger partial charge on any atom is -0.0880 e. The molecule has 0 nitrogen and oxygen atoms in total. The molecule has 1 heteroatoms. The minimum absolute atomic E-state index is 0.235. The summed E-state index contributed by atoms with van der Waals surface area (Å²) in [5.74, 6) is 0.594. The van der Waals surface area contributed by atoms with Gasteiger partial charge in [-0.1, -0.05) is 86.5 Å². The normalized spacial score (nSPS) is 13.2. The third-order valence-corrected chi connectivity index (χ3v) is 3.67. The van der Waals surface area contributed by atoms with Crippen LogP contribution >= 0.6 is 15.9 Å². The van der Waals surface area contributed by atoms with Crippen LogP contribution < -0.4 is 0 Å². The lowest BCUT2D eigenvalue weighted by Gasteiger charge is -2.19. The van der Waals surface area contributed by atoms with Crippen molar-refractivity contribution in [2.45, 2.75) is 40.0 Å². The van der Waals surface area contributed by atoms with E-state index in [-0.39, 0.29) is 5.41 Å². The molecule has 94 valence electrons. The molecule has 0 fully saturated rings. The number of halogens is 1. The zero-order chi connectivity index (χ0) is 13.1. The van der Waals surface area contributed by atoms with Gasteiger partial charge in [0.2, 0.25) is 0 Å². The van der Waals surface area contributed by atoms with E-state index in [2.05, 4.69) is 80.9 Å². The van der Waals surface area contributed by atoms with Crippen molar-refractivity contribution in [3.8, 4) is 0 Å². The van der Waals surface area contributed by atoms with Gasteiger partial charge in [0.25, 0.3) is 0 Å². The molecular weight excluding hydrogens is 272 g/mol. The zero-order valence-electron chi connectivity index (χ0n) is 11.5. The summed E-state index contributed by atoms with van der Waals surface area (Å²) in [5, 5.41) is 0.950. The molecule has 0 heterocycles. The van der Waals surface area contributed by atoms with E-state index in [9.17, 15) is 0 Å². The third-order valence-electron chi connectivity index (χ3n) is 3.02. The van der Waals surface area contributed by atoms with Gasteiger partial charge in [0, 0.05) is 5.33 Å². The van der Waals surface area contributed by atoms with Gasteiger partial charge in [-0.15, -0.1) is 0 Å². The standard InChI is InChI=1S/C16H23Br/c1-12(2)14(11-17)10-13-6-8-15(9-7-13)16(3,4)5/h6-10,12H,11H2,1-5H3. The summed E-state index contributed by atoms with van der Waals surface area (Å²) in [6.45, 7) is 11.2. The molecule has 17 heavy (non-hydrogen) atoms. The molecule has 0 bridgehead atoms. The maximum Gasteiger partial charge on any atom is 0.0247 e. The summed E-state index contributed by atoms with van der Waals surface area (Å²) in [5.41, 5.74) is 4.35. The van der Waals surface area contributed by atoms with Crippen molar-refractivity contribution in [2.75, 3.05) is 5.33 Å². The fraction of sp³-hybridized carbons (Fsp3) is 0.500. The van der Waals surface area contributed by atoms with Crippen molar-refractivity contribution in [3.63, 3.8) is 0 Å². The molecule has 0 radical (unpaired) electrons. The Labute approximate surface area is 114 Å². The topological polar surface area (TPSA) is 0 Å². The summed E-state index contributed by atoms with van der Waals surface area (Å²) < 4.78 is 0. The van der Waals surface area contributed by atoms with E-state index in [1.807, 2.05) is 0 Å². The predicted molar refractivity (Wildman–Crippen MR) is 81.8 cm³/mol. The second-order valence-electron chi connectivity index (χ2n) is 5.88. The van der Waals surface area contributed by atoms with Crippen molar-refractivity contribution >= 4 is 22.0 Å². The van der Waals surface area contributed by atoms with Crippen LogP contribution in [0.3, 0.4) is 0 Å². The van der Waals surface area contributed by atoms with Gasteiger partial charge in [0.1, 0.15) is 0 Å². The predicted octanol–water partition coefficient (Wildman–Crippen LogP) is 5.42. The van der Waals surface area contributed by atoms with Gasteiger partial charge >= 0.3 is 0 Å². The molecule has 0 aliphatic rings. The van der Waals surface area contributed by atoms with Gasteiger partial charge in [-0.3, -0.25) is 0 Å². The average molecular weight is 295 g/mol. The van der Waals surface area contributed by atoms with Crippen molar-refractivity contribution < 1.29 is 0 Å². The first kappa shape index (κ1) is 14.5. The number of alkyl halides is 1. The minimum atomic E-state index is 0.235. The average Bonchev–Trinajstić information content (AvgIpc) is 2.25. The first-order valence-electron chi connectivity index (χ1n) is 6.21. The van der Waals surface area contributed by atoms with Crippen LogP contribution in [-0.2, 0) is 5.41 Å². The molecule has 1 aromatic carbocycles. The molecule has 0 aliphatic heterocycles. The van der Waals surface area contributed by atoms with Crippen LogP contribution in [0.5, 0.6) is 0 Å². The summed E-state index contributed by atoms with van der Waals surface area (Å²) >= 11 is 3.55. The Hall–Kier alpha value is -0.560. The Bertz CT molecular complexity index is 377. The number of rotatable bonds is 3. The molecule has 1 aromatic rings. The quantitative estimate of drug-likeness (QED) is 0.653. The van der Waals surface area contributed by atoms with Crippen LogP contribution in [0.1, 0.15) is 45.7 Å². The van der Waals surface area contributed by atoms with Crippen LogP contribution in [0.15, 0.2) is 29.8 Å². The monoisotopic (exact) mass is 294 g/mol. The Morgan fingerprint density at radius 3 is 2.06 bits per heavy atom. The van der Waals surface area contributed by atoms with Gasteiger partial charge < -0.3 is 0 Å². The lowest BCUT2D eigenvalue weighted by atomic mass is 9.86. The van der Waals surface area contributed by atoms with E-state index in [1.165, 1.54) is 16.7 Å². The molecule has 0 aliphatic carbocycles. The van der Waals surface area contributed by atoms with Gasteiger partial charge in [0.05, 0.1) is 0 Å². The number of benzene rings is 1. The van der Waals surface area contributed by atoms with Crippen LogP contribution in [0.4, 0.5) is 0 Å². The molecule has 0 saturated carbocycles.